The second-order valence-electron chi connectivity index (χ2n) is 12.2. The Morgan fingerprint density at radius 3 is 2.45 bits per heavy atom. The number of aromatic nitrogens is 1. The molecule has 0 spiro atoms. The van der Waals surface area contributed by atoms with Crippen molar-refractivity contribution in [1.82, 2.24) is 4.98 Å². The van der Waals surface area contributed by atoms with Crippen LogP contribution in [0.4, 0.5) is 0 Å². The van der Waals surface area contributed by atoms with Gasteiger partial charge in [-0.15, -0.1) is 11.8 Å². The van der Waals surface area contributed by atoms with Crippen LogP contribution in [0.15, 0.2) is 78.9 Å². The second kappa shape index (κ2) is 15.2. The summed E-state index contributed by atoms with van der Waals surface area (Å²) in [5, 5.41) is 24.0. The van der Waals surface area contributed by atoms with E-state index in [1.807, 2.05) is 75.9 Å². The molecule has 3 aromatic carbocycles. The number of aliphatic hydroxyl groups is 1. The average molecular weight is 612 g/mol. The third-order valence-electron chi connectivity index (χ3n) is 7.53. The molecule has 4 aromatic rings. The van der Waals surface area contributed by atoms with Gasteiger partial charge in [0.05, 0.1) is 11.1 Å². The zero-order valence-corrected chi connectivity index (χ0v) is 28.9. The first-order valence-corrected chi connectivity index (χ1v) is 15.6. The van der Waals surface area contributed by atoms with Crippen molar-refractivity contribution in [2.24, 2.45) is 5.41 Å². The van der Waals surface area contributed by atoms with E-state index < -0.39 is 11.6 Å². The van der Waals surface area contributed by atoms with E-state index in [1.54, 1.807) is 0 Å². The first-order valence-electron chi connectivity index (χ1n) is 14.2. The largest absolute Gasteiger partial charge is 1.00 e. The number of aliphatic carboxylic acids is 1. The third kappa shape index (κ3) is 10.1. The number of carbonyl (C=O) groups excluding carboxylic acids is 1. The van der Waals surface area contributed by atoms with Crippen molar-refractivity contribution in [2.75, 3.05) is 0 Å². The molecule has 0 saturated heterocycles. The van der Waals surface area contributed by atoms with Gasteiger partial charge in [-0.2, -0.15) is 0 Å². The van der Waals surface area contributed by atoms with E-state index >= 15 is 0 Å². The van der Waals surface area contributed by atoms with Crippen molar-refractivity contribution in [3.8, 4) is 0 Å². The fourth-order valence-corrected chi connectivity index (χ4v) is 6.70. The summed E-state index contributed by atoms with van der Waals surface area (Å²) in [4.78, 5) is 16.2. The number of carboxylic acid groups (broad SMARTS) is 1. The molecular formula is C35H39ClNNaO3S. The Labute approximate surface area is 281 Å². The number of hydrogen-bond donors (Lipinski definition) is 1. The van der Waals surface area contributed by atoms with Gasteiger partial charge >= 0.3 is 29.6 Å². The molecule has 1 N–H and O–H groups in total. The summed E-state index contributed by atoms with van der Waals surface area (Å²) in [6, 6.07) is 26.7. The molecule has 0 fully saturated rings. The SMILES string of the molecule is CC(C)(CC[C@H](SCc1ccccc1C(C)(C)O)c1cccc(CCc2ccc3ccc(Cl)cc3n2)c1)CC(=O)[O-].[Na+]. The molecule has 216 valence electrons. The van der Waals surface area contributed by atoms with E-state index in [0.29, 0.717) is 5.02 Å². The van der Waals surface area contributed by atoms with Gasteiger partial charge in [-0.05, 0) is 91.8 Å². The topological polar surface area (TPSA) is 73.2 Å². The van der Waals surface area contributed by atoms with Crippen LogP contribution in [-0.2, 0) is 29.0 Å². The Morgan fingerprint density at radius 2 is 1.71 bits per heavy atom. The van der Waals surface area contributed by atoms with Crippen LogP contribution in [0.3, 0.4) is 0 Å². The molecule has 4 rings (SSSR count). The molecule has 1 aromatic heterocycles. The summed E-state index contributed by atoms with van der Waals surface area (Å²) in [6.07, 6.45) is 3.32. The maximum atomic E-state index is 11.3. The molecule has 1 heterocycles. The number of carbonyl (C=O) groups is 1. The molecule has 0 unspecified atom stereocenters. The molecule has 0 bridgehead atoms. The quantitative estimate of drug-likeness (QED) is 0.219. The maximum absolute atomic E-state index is 11.3. The molecule has 7 heteroatoms. The van der Waals surface area contributed by atoms with Gasteiger partial charge < -0.3 is 15.0 Å². The van der Waals surface area contributed by atoms with E-state index in [-0.39, 0.29) is 46.6 Å². The Hall–Kier alpha value is -1.86. The first-order chi connectivity index (χ1) is 19.4. The number of carboxylic acids is 1. The Bertz CT molecular complexity index is 1500. The summed E-state index contributed by atoms with van der Waals surface area (Å²) in [6.45, 7) is 7.63. The number of benzene rings is 3. The van der Waals surface area contributed by atoms with Gasteiger partial charge in [-0.3, -0.25) is 4.98 Å². The van der Waals surface area contributed by atoms with E-state index in [0.717, 1.165) is 59.2 Å². The number of nitrogens with zero attached hydrogens (tertiary/aromatic N) is 1. The molecule has 0 saturated carbocycles. The molecule has 4 nitrogen and oxygen atoms in total. The number of hydrogen-bond acceptors (Lipinski definition) is 5. The minimum atomic E-state index is -1.01. The maximum Gasteiger partial charge on any atom is 1.00 e. The Kier molecular flexibility index (Phi) is 12.6. The van der Waals surface area contributed by atoms with E-state index in [4.69, 9.17) is 16.6 Å². The predicted molar refractivity (Wildman–Crippen MR) is 169 cm³/mol. The summed E-state index contributed by atoms with van der Waals surface area (Å²) in [7, 11) is 0. The van der Waals surface area contributed by atoms with E-state index in [1.165, 1.54) is 11.1 Å². The summed E-state index contributed by atoms with van der Waals surface area (Å²) >= 11 is 8.02. The van der Waals surface area contributed by atoms with Crippen LogP contribution in [0.5, 0.6) is 0 Å². The van der Waals surface area contributed by atoms with Gasteiger partial charge in [-0.1, -0.05) is 86.1 Å². The van der Waals surface area contributed by atoms with Gasteiger partial charge in [0.2, 0.25) is 0 Å². The fourth-order valence-electron chi connectivity index (χ4n) is 5.27. The molecule has 0 radical (unpaired) electrons. The van der Waals surface area contributed by atoms with Crippen molar-refractivity contribution in [3.63, 3.8) is 0 Å². The van der Waals surface area contributed by atoms with Crippen LogP contribution in [0.2, 0.25) is 5.02 Å². The first kappa shape index (κ1) is 34.6. The fraction of sp³-hybridized carbons (Fsp3) is 0.371. The standard InChI is InChI=1S/C35H40ClNO3S.Na/c1-34(2,22-33(38)39)19-18-32(41-23-27-9-5-6-11-30(27)35(3,4)40)26-10-7-8-24(20-26)12-16-29-17-14-25-13-15-28(36)21-31(25)37-29;/h5-11,13-15,17,20-21,32,40H,12,16,18-19,22-23H2,1-4H3,(H,38,39);/q;+1/p-1/t32-;/m0./s1. The number of rotatable bonds is 13. The van der Waals surface area contributed by atoms with Gasteiger partial charge in [0.25, 0.3) is 0 Å². The number of aryl methyl sites for hydroxylation is 2. The van der Waals surface area contributed by atoms with Gasteiger partial charge in [0, 0.05) is 33.1 Å². The molecule has 42 heavy (non-hydrogen) atoms. The number of pyridine rings is 1. The minimum absolute atomic E-state index is 0. The smallest absolute Gasteiger partial charge is 0.550 e. The zero-order valence-electron chi connectivity index (χ0n) is 25.3. The van der Waals surface area contributed by atoms with Gasteiger partial charge in [0.1, 0.15) is 0 Å². The van der Waals surface area contributed by atoms with Crippen LogP contribution in [-0.4, -0.2) is 16.1 Å². The van der Waals surface area contributed by atoms with Crippen molar-refractivity contribution in [3.05, 3.63) is 112 Å². The van der Waals surface area contributed by atoms with Crippen LogP contribution < -0.4 is 34.7 Å². The normalized spacial score (nSPS) is 12.6. The van der Waals surface area contributed by atoms with Crippen molar-refractivity contribution < 1.29 is 44.6 Å². The Balaban J connectivity index is 0.00000484. The van der Waals surface area contributed by atoms with Crippen molar-refractivity contribution in [1.29, 1.82) is 0 Å². The minimum Gasteiger partial charge on any atom is -0.550 e. The molecule has 0 aliphatic rings. The molecule has 0 aliphatic heterocycles. The Morgan fingerprint density at radius 1 is 0.976 bits per heavy atom. The average Bonchev–Trinajstić information content (AvgIpc) is 2.90. The number of thioether (sulfide) groups is 1. The zero-order chi connectivity index (χ0) is 29.6. The van der Waals surface area contributed by atoms with Crippen LogP contribution in [0, 0.1) is 5.41 Å². The number of halogens is 1. The third-order valence-corrected chi connectivity index (χ3v) is 9.15. The molecular weight excluding hydrogens is 573 g/mol. The second-order valence-corrected chi connectivity index (χ2v) is 13.8. The van der Waals surface area contributed by atoms with Crippen LogP contribution >= 0.6 is 23.4 Å². The van der Waals surface area contributed by atoms with Crippen molar-refractivity contribution in [2.45, 2.75) is 76.4 Å². The number of fused-ring (bicyclic) bond motifs is 1. The van der Waals surface area contributed by atoms with Crippen LogP contribution in [0.1, 0.15) is 80.2 Å². The molecule has 0 amide bonds. The summed E-state index contributed by atoms with van der Waals surface area (Å²) in [5.74, 6) is -0.260. The summed E-state index contributed by atoms with van der Waals surface area (Å²) in [5.41, 5.74) is 5.18. The van der Waals surface area contributed by atoms with E-state index in [9.17, 15) is 15.0 Å². The van der Waals surface area contributed by atoms with Crippen molar-refractivity contribution >= 4 is 40.2 Å². The van der Waals surface area contributed by atoms with Gasteiger partial charge in [-0.25, -0.2) is 0 Å². The van der Waals surface area contributed by atoms with E-state index in [2.05, 4.69) is 42.5 Å². The predicted octanol–water partition coefficient (Wildman–Crippen LogP) is 4.83. The van der Waals surface area contributed by atoms with Crippen LogP contribution in [0.25, 0.3) is 10.9 Å². The molecule has 1 atom stereocenters. The summed E-state index contributed by atoms with van der Waals surface area (Å²) < 4.78 is 0. The molecule has 0 aliphatic carbocycles. The monoisotopic (exact) mass is 611 g/mol. The van der Waals surface area contributed by atoms with Gasteiger partial charge in [0.15, 0.2) is 0 Å².